The Morgan fingerprint density at radius 1 is 0.889 bits per heavy atom. The SMILES string of the molecule is Nc1c(O)ccc(S(=O)c2ccc(O)cc2)c1N. The zero-order chi connectivity index (χ0) is 13.3. The molecule has 0 aliphatic heterocycles. The van der Waals surface area contributed by atoms with Crippen LogP contribution in [0, 0.1) is 0 Å². The Labute approximate surface area is 106 Å². The fourth-order valence-corrected chi connectivity index (χ4v) is 2.60. The van der Waals surface area contributed by atoms with Gasteiger partial charge in [-0.15, -0.1) is 0 Å². The van der Waals surface area contributed by atoms with Gasteiger partial charge in [-0.2, -0.15) is 0 Å². The van der Waals surface area contributed by atoms with Gasteiger partial charge >= 0.3 is 0 Å². The first kappa shape index (κ1) is 12.3. The Kier molecular flexibility index (Phi) is 3.12. The van der Waals surface area contributed by atoms with Gasteiger partial charge in [0.25, 0.3) is 0 Å². The molecule has 0 saturated heterocycles. The van der Waals surface area contributed by atoms with Crippen LogP contribution in [0.25, 0.3) is 0 Å². The minimum absolute atomic E-state index is 0.0135. The Hall–Kier alpha value is -2.21. The Morgan fingerprint density at radius 3 is 2.11 bits per heavy atom. The van der Waals surface area contributed by atoms with Crippen molar-refractivity contribution in [2.45, 2.75) is 9.79 Å². The molecule has 0 spiro atoms. The largest absolute Gasteiger partial charge is 0.508 e. The molecule has 2 aromatic rings. The van der Waals surface area contributed by atoms with Crippen molar-refractivity contribution >= 4 is 22.2 Å². The summed E-state index contributed by atoms with van der Waals surface area (Å²) in [7, 11) is -1.51. The molecule has 2 aromatic carbocycles. The van der Waals surface area contributed by atoms with Crippen molar-refractivity contribution in [3.05, 3.63) is 36.4 Å². The van der Waals surface area contributed by atoms with Gasteiger partial charge in [0.2, 0.25) is 0 Å². The molecule has 6 N–H and O–H groups in total. The number of hydrogen-bond donors (Lipinski definition) is 4. The zero-order valence-corrected chi connectivity index (χ0v) is 10.1. The highest BCUT2D eigenvalue weighted by molar-refractivity contribution is 7.85. The van der Waals surface area contributed by atoms with Gasteiger partial charge in [0, 0.05) is 4.90 Å². The summed E-state index contributed by atoms with van der Waals surface area (Å²) in [4.78, 5) is 0.820. The molecule has 6 heteroatoms. The van der Waals surface area contributed by atoms with Crippen LogP contribution in [0.3, 0.4) is 0 Å². The van der Waals surface area contributed by atoms with Crippen molar-refractivity contribution in [1.82, 2.24) is 0 Å². The molecule has 94 valence electrons. The number of phenolic OH excluding ortho intramolecular Hbond substituents is 2. The lowest BCUT2D eigenvalue weighted by Crippen LogP contribution is -2.02. The van der Waals surface area contributed by atoms with E-state index in [4.69, 9.17) is 16.6 Å². The van der Waals surface area contributed by atoms with Crippen molar-refractivity contribution in [3.8, 4) is 11.5 Å². The summed E-state index contributed by atoms with van der Waals surface area (Å²) in [5, 5.41) is 18.5. The normalized spacial score (nSPS) is 12.2. The molecule has 0 aliphatic carbocycles. The smallest absolute Gasteiger partial charge is 0.140 e. The maximum Gasteiger partial charge on any atom is 0.140 e. The average molecular weight is 264 g/mol. The highest BCUT2D eigenvalue weighted by atomic mass is 32.2. The van der Waals surface area contributed by atoms with E-state index in [0.29, 0.717) is 9.79 Å². The molecule has 2 rings (SSSR count). The third kappa shape index (κ3) is 2.10. The Morgan fingerprint density at radius 2 is 1.50 bits per heavy atom. The summed E-state index contributed by atoms with van der Waals surface area (Å²) in [5.41, 5.74) is 11.4. The van der Waals surface area contributed by atoms with Gasteiger partial charge in [0.15, 0.2) is 0 Å². The molecule has 1 unspecified atom stereocenters. The fourth-order valence-electron chi connectivity index (χ4n) is 1.46. The van der Waals surface area contributed by atoms with Gasteiger partial charge in [-0.1, -0.05) is 0 Å². The summed E-state index contributed by atoms with van der Waals surface area (Å²) in [6.45, 7) is 0. The number of nitrogen functional groups attached to an aromatic ring is 2. The van der Waals surface area contributed by atoms with Gasteiger partial charge in [-0.25, -0.2) is 4.21 Å². The van der Waals surface area contributed by atoms with Gasteiger partial charge in [0.1, 0.15) is 11.5 Å². The third-order valence-electron chi connectivity index (χ3n) is 2.47. The topological polar surface area (TPSA) is 110 Å². The molecular weight excluding hydrogens is 252 g/mol. The molecule has 0 heterocycles. The van der Waals surface area contributed by atoms with Gasteiger partial charge in [-0.3, -0.25) is 0 Å². The minimum Gasteiger partial charge on any atom is -0.508 e. The molecule has 0 saturated carbocycles. The quantitative estimate of drug-likeness (QED) is 0.484. The second kappa shape index (κ2) is 4.58. The first-order valence-electron chi connectivity index (χ1n) is 5.08. The first-order chi connectivity index (χ1) is 8.50. The zero-order valence-electron chi connectivity index (χ0n) is 9.33. The van der Waals surface area contributed by atoms with Crippen LogP contribution in [-0.4, -0.2) is 14.4 Å². The minimum atomic E-state index is -1.51. The van der Waals surface area contributed by atoms with Crippen LogP contribution in [0.5, 0.6) is 11.5 Å². The van der Waals surface area contributed by atoms with E-state index in [9.17, 15) is 9.32 Å². The van der Waals surface area contributed by atoms with Crippen LogP contribution < -0.4 is 11.5 Å². The lowest BCUT2D eigenvalue weighted by Gasteiger charge is -2.09. The van der Waals surface area contributed by atoms with Crippen molar-refractivity contribution in [2.24, 2.45) is 0 Å². The van der Waals surface area contributed by atoms with Crippen molar-refractivity contribution in [2.75, 3.05) is 11.5 Å². The molecule has 0 amide bonds. The number of nitrogens with two attached hydrogens (primary N) is 2. The van der Waals surface area contributed by atoms with Crippen LogP contribution >= 0.6 is 0 Å². The summed E-state index contributed by atoms with van der Waals surface area (Å²) >= 11 is 0. The average Bonchev–Trinajstić information content (AvgIpc) is 2.36. The summed E-state index contributed by atoms with van der Waals surface area (Å²) in [6, 6.07) is 8.76. The summed E-state index contributed by atoms with van der Waals surface area (Å²) in [5.74, 6) is -0.0482. The van der Waals surface area contributed by atoms with E-state index in [2.05, 4.69) is 0 Å². The molecule has 0 aromatic heterocycles. The van der Waals surface area contributed by atoms with Crippen molar-refractivity contribution < 1.29 is 14.4 Å². The maximum atomic E-state index is 12.3. The number of anilines is 2. The van der Waals surface area contributed by atoms with E-state index in [1.807, 2.05) is 0 Å². The van der Waals surface area contributed by atoms with Crippen LogP contribution in [0.4, 0.5) is 11.4 Å². The maximum absolute atomic E-state index is 12.3. The number of rotatable bonds is 2. The number of phenols is 2. The van der Waals surface area contributed by atoms with Crippen molar-refractivity contribution in [3.63, 3.8) is 0 Å². The standard InChI is InChI=1S/C12H12N2O3S/c13-11-9(16)5-6-10(12(11)14)18(17)8-3-1-7(15)2-4-8/h1-6,15-16H,13-14H2. The van der Waals surface area contributed by atoms with Gasteiger partial charge in [-0.05, 0) is 36.4 Å². The molecule has 1 atom stereocenters. The predicted molar refractivity (Wildman–Crippen MR) is 69.7 cm³/mol. The molecule has 0 radical (unpaired) electrons. The van der Waals surface area contributed by atoms with Crippen LogP contribution in [-0.2, 0) is 10.8 Å². The Bertz CT molecular complexity index is 611. The lowest BCUT2D eigenvalue weighted by molar-refractivity contribution is 0.475. The van der Waals surface area contributed by atoms with E-state index in [0.717, 1.165) is 0 Å². The van der Waals surface area contributed by atoms with Crippen LogP contribution in [0.2, 0.25) is 0 Å². The molecular formula is C12H12N2O3S. The highest BCUT2D eigenvalue weighted by Gasteiger charge is 2.14. The second-order valence-electron chi connectivity index (χ2n) is 3.67. The lowest BCUT2D eigenvalue weighted by atomic mass is 10.2. The monoisotopic (exact) mass is 264 g/mol. The summed E-state index contributed by atoms with van der Waals surface area (Å²) < 4.78 is 12.3. The van der Waals surface area contributed by atoms with E-state index in [-0.39, 0.29) is 22.9 Å². The van der Waals surface area contributed by atoms with Gasteiger partial charge < -0.3 is 21.7 Å². The Balaban J connectivity index is 2.46. The van der Waals surface area contributed by atoms with Crippen molar-refractivity contribution in [1.29, 1.82) is 0 Å². The third-order valence-corrected chi connectivity index (χ3v) is 3.93. The van der Waals surface area contributed by atoms with E-state index in [1.165, 1.54) is 36.4 Å². The van der Waals surface area contributed by atoms with Gasteiger partial charge in [0.05, 0.1) is 27.1 Å². The molecule has 0 bridgehead atoms. The van der Waals surface area contributed by atoms with E-state index < -0.39 is 10.8 Å². The highest BCUT2D eigenvalue weighted by Crippen LogP contribution is 2.33. The molecule has 18 heavy (non-hydrogen) atoms. The number of aromatic hydroxyl groups is 2. The molecule has 0 fully saturated rings. The second-order valence-corrected chi connectivity index (χ2v) is 5.12. The molecule has 0 aliphatic rings. The predicted octanol–water partition coefficient (Wildman–Crippen LogP) is 1.43. The first-order valence-corrected chi connectivity index (χ1v) is 6.23. The van der Waals surface area contributed by atoms with E-state index >= 15 is 0 Å². The number of hydrogen-bond acceptors (Lipinski definition) is 5. The number of benzene rings is 2. The fraction of sp³-hybridized carbons (Fsp3) is 0. The summed E-state index contributed by atoms with van der Waals surface area (Å²) in [6.07, 6.45) is 0. The van der Waals surface area contributed by atoms with Crippen LogP contribution in [0.15, 0.2) is 46.2 Å². The molecule has 5 nitrogen and oxygen atoms in total. The van der Waals surface area contributed by atoms with Crippen LogP contribution in [0.1, 0.15) is 0 Å². The van der Waals surface area contributed by atoms with E-state index in [1.54, 1.807) is 0 Å².